The maximum atomic E-state index is 12.8. The topological polar surface area (TPSA) is 84.7 Å². The molecule has 0 saturated heterocycles. The monoisotopic (exact) mass is 353 g/mol. The second-order valence-corrected chi connectivity index (χ2v) is 8.86. The normalized spacial score (nSPS) is 25.4. The SMILES string of the molecule is CC(C)[C@H](N)C(=O)N[C@H]1CCCC[C@@H]1N(C(=O)OC(C)(C)C)C1CC1. The molecule has 2 fully saturated rings. The van der Waals surface area contributed by atoms with Gasteiger partial charge in [-0.25, -0.2) is 4.79 Å². The number of nitrogens with one attached hydrogen (secondary N) is 1. The Kier molecular flexibility index (Phi) is 6.35. The van der Waals surface area contributed by atoms with Crippen molar-refractivity contribution in [2.75, 3.05) is 0 Å². The Bertz CT molecular complexity index is 483. The minimum Gasteiger partial charge on any atom is -0.444 e. The van der Waals surface area contributed by atoms with Gasteiger partial charge >= 0.3 is 6.09 Å². The van der Waals surface area contributed by atoms with E-state index in [1.165, 1.54) is 0 Å². The van der Waals surface area contributed by atoms with E-state index in [-0.39, 0.29) is 36.0 Å². The molecular formula is C19H35N3O3. The van der Waals surface area contributed by atoms with Gasteiger partial charge in [-0.1, -0.05) is 26.7 Å². The van der Waals surface area contributed by atoms with Crippen molar-refractivity contribution in [3.8, 4) is 0 Å². The number of hydrogen-bond donors (Lipinski definition) is 2. The van der Waals surface area contributed by atoms with Crippen LogP contribution >= 0.6 is 0 Å². The summed E-state index contributed by atoms with van der Waals surface area (Å²) in [6.45, 7) is 9.55. The fourth-order valence-corrected chi connectivity index (χ4v) is 3.42. The van der Waals surface area contributed by atoms with E-state index in [1.807, 2.05) is 39.5 Å². The summed E-state index contributed by atoms with van der Waals surface area (Å²) in [6, 6.07) is -0.312. The van der Waals surface area contributed by atoms with Crippen LogP contribution in [-0.2, 0) is 9.53 Å². The van der Waals surface area contributed by atoms with Gasteiger partial charge in [-0.2, -0.15) is 0 Å². The minimum absolute atomic E-state index is 0.000544. The van der Waals surface area contributed by atoms with E-state index in [4.69, 9.17) is 10.5 Å². The Morgan fingerprint density at radius 2 is 1.72 bits per heavy atom. The standard InChI is InChI=1S/C19H35N3O3/c1-12(2)16(20)17(23)21-14-8-6-7-9-15(14)22(13-10-11-13)18(24)25-19(3,4)5/h12-16H,6-11,20H2,1-5H3,(H,21,23)/t14-,15-,16-/m0/s1. The lowest BCUT2D eigenvalue weighted by Gasteiger charge is -2.41. The summed E-state index contributed by atoms with van der Waals surface area (Å²) in [5.74, 6) is -0.0285. The number of nitrogens with two attached hydrogens (primary N) is 1. The molecule has 3 atom stereocenters. The van der Waals surface area contributed by atoms with Crippen LogP contribution in [0.5, 0.6) is 0 Å². The van der Waals surface area contributed by atoms with E-state index in [0.717, 1.165) is 38.5 Å². The van der Waals surface area contributed by atoms with Crippen molar-refractivity contribution in [1.82, 2.24) is 10.2 Å². The average Bonchev–Trinajstić information content (AvgIpc) is 3.31. The molecule has 0 unspecified atom stereocenters. The van der Waals surface area contributed by atoms with Crippen LogP contribution in [0, 0.1) is 5.92 Å². The van der Waals surface area contributed by atoms with Gasteiger partial charge in [-0.3, -0.25) is 4.79 Å². The van der Waals surface area contributed by atoms with Crippen molar-refractivity contribution in [2.24, 2.45) is 11.7 Å². The Morgan fingerprint density at radius 1 is 1.12 bits per heavy atom. The Morgan fingerprint density at radius 3 is 2.24 bits per heavy atom. The minimum atomic E-state index is -0.516. The second-order valence-electron chi connectivity index (χ2n) is 8.86. The summed E-state index contributed by atoms with van der Waals surface area (Å²) >= 11 is 0. The first kappa shape index (κ1) is 20.0. The lowest BCUT2D eigenvalue weighted by Crippen LogP contribution is -2.59. The molecule has 2 amide bonds. The Labute approximate surface area is 151 Å². The molecule has 0 aromatic rings. The molecule has 6 nitrogen and oxygen atoms in total. The summed E-state index contributed by atoms with van der Waals surface area (Å²) in [4.78, 5) is 27.1. The molecular weight excluding hydrogens is 318 g/mol. The van der Waals surface area contributed by atoms with Gasteiger partial charge in [-0.05, 0) is 52.4 Å². The molecule has 6 heteroatoms. The van der Waals surface area contributed by atoms with E-state index in [9.17, 15) is 9.59 Å². The van der Waals surface area contributed by atoms with Crippen molar-refractivity contribution in [1.29, 1.82) is 0 Å². The second kappa shape index (κ2) is 7.94. The highest BCUT2D eigenvalue weighted by Gasteiger charge is 2.43. The largest absolute Gasteiger partial charge is 0.444 e. The summed E-state index contributed by atoms with van der Waals surface area (Å²) in [5.41, 5.74) is 5.48. The number of carbonyl (C=O) groups excluding carboxylic acids is 2. The number of hydrogen-bond acceptors (Lipinski definition) is 4. The smallest absolute Gasteiger partial charge is 0.410 e. The zero-order valence-corrected chi connectivity index (χ0v) is 16.4. The lowest BCUT2D eigenvalue weighted by molar-refractivity contribution is -0.124. The first-order valence-electron chi connectivity index (χ1n) is 9.67. The predicted molar refractivity (Wildman–Crippen MR) is 98.1 cm³/mol. The van der Waals surface area contributed by atoms with E-state index in [2.05, 4.69) is 5.32 Å². The molecule has 0 aliphatic heterocycles. The fourth-order valence-electron chi connectivity index (χ4n) is 3.42. The highest BCUT2D eigenvalue weighted by molar-refractivity contribution is 5.82. The summed E-state index contributed by atoms with van der Waals surface area (Å²) < 4.78 is 5.64. The molecule has 2 aliphatic rings. The van der Waals surface area contributed by atoms with Gasteiger partial charge in [0.1, 0.15) is 5.60 Å². The Hall–Kier alpha value is -1.30. The molecule has 0 aromatic carbocycles. The first-order valence-corrected chi connectivity index (χ1v) is 9.67. The van der Waals surface area contributed by atoms with Crippen LogP contribution in [0.1, 0.15) is 73.1 Å². The molecule has 0 heterocycles. The van der Waals surface area contributed by atoms with Crippen molar-refractivity contribution in [3.63, 3.8) is 0 Å². The van der Waals surface area contributed by atoms with Crippen LogP contribution < -0.4 is 11.1 Å². The van der Waals surface area contributed by atoms with E-state index in [1.54, 1.807) is 0 Å². The van der Waals surface area contributed by atoms with Gasteiger partial charge in [0.05, 0.1) is 12.1 Å². The van der Waals surface area contributed by atoms with Gasteiger partial charge < -0.3 is 20.7 Å². The predicted octanol–water partition coefficient (Wildman–Crippen LogP) is 2.80. The number of carbonyl (C=O) groups is 2. The molecule has 0 aromatic heterocycles. The zero-order valence-electron chi connectivity index (χ0n) is 16.4. The fraction of sp³-hybridized carbons (Fsp3) is 0.895. The maximum absolute atomic E-state index is 12.8. The Balaban J connectivity index is 2.11. The van der Waals surface area contributed by atoms with Gasteiger partial charge in [-0.15, -0.1) is 0 Å². The molecule has 0 spiro atoms. The zero-order chi connectivity index (χ0) is 18.8. The van der Waals surface area contributed by atoms with Crippen LogP contribution in [-0.4, -0.2) is 46.7 Å². The van der Waals surface area contributed by atoms with Gasteiger partial charge in [0.2, 0.25) is 5.91 Å². The van der Waals surface area contributed by atoms with Gasteiger partial charge in [0, 0.05) is 12.1 Å². The van der Waals surface area contributed by atoms with E-state index < -0.39 is 11.6 Å². The summed E-state index contributed by atoms with van der Waals surface area (Å²) in [6.07, 6.45) is 5.69. The molecule has 2 aliphatic carbocycles. The summed E-state index contributed by atoms with van der Waals surface area (Å²) in [7, 11) is 0. The van der Waals surface area contributed by atoms with Crippen LogP contribution in [0.3, 0.4) is 0 Å². The van der Waals surface area contributed by atoms with Crippen LogP contribution in [0.25, 0.3) is 0 Å². The molecule has 3 N–H and O–H groups in total. The van der Waals surface area contributed by atoms with Gasteiger partial charge in [0.25, 0.3) is 0 Å². The van der Waals surface area contributed by atoms with Crippen molar-refractivity contribution < 1.29 is 14.3 Å². The highest BCUT2D eigenvalue weighted by atomic mass is 16.6. The van der Waals surface area contributed by atoms with E-state index >= 15 is 0 Å². The van der Waals surface area contributed by atoms with Crippen LogP contribution in [0.15, 0.2) is 0 Å². The van der Waals surface area contributed by atoms with Crippen LogP contribution in [0.2, 0.25) is 0 Å². The number of ether oxygens (including phenoxy) is 1. The maximum Gasteiger partial charge on any atom is 0.410 e. The number of rotatable bonds is 5. The average molecular weight is 354 g/mol. The van der Waals surface area contributed by atoms with Gasteiger partial charge in [0.15, 0.2) is 0 Å². The number of amides is 2. The third-order valence-corrected chi connectivity index (χ3v) is 4.98. The third-order valence-electron chi connectivity index (χ3n) is 4.98. The molecule has 25 heavy (non-hydrogen) atoms. The summed E-state index contributed by atoms with van der Waals surface area (Å²) in [5, 5.41) is 3.12. The van der Waals surface area contributed by atoms with Crippen molar-refractivity contribution in [2.45, 2.75) is 103 Å². The highest BCUT2D eigenvalue weighted by Crippen LogP contribution is 2.35. The molecule has 2 saturated carbocycles. The van der Waals surface area contributed by atoms with E-state index in [0.29, 0.717) is 0 Å². The number of nitrogens with zero attached hydrogens (tertiary/aromatic N) is 1. The molecule has 0 bridgehead atoms. The van der Waals surface area contributed by atoms with Crippen molar-refractivity contribution >= 4 is 12.0 Å². The van der Waals surface area contributed by atoms with Crippen molar-refractivity contribution in [3.05, 3.63) is 0 Å². The molecule has 2 rings (SSSR count). The molecule has 144 valence electrons. The molecule has 0 radical (unpaired) electrons. The third kappa shape index (κ3) is 5.59. The first-order chi connectivity index (χ1) is 11.6. The quantitative estimate of drug-likeness (QED) is 0.796. The lowest BCUT2D eigenvalue weighted by atomic mass is 9.88. The van der Waals surface area contributed by atoms with Crippen LogP contribution in [0.4, 0.5) is 4.79 Å².